The Kier molecular flexibility index (Phi) is 3.39. The molecular formula is C14H14N2O4. The van der Waals surface area contributed by atoms with Gasteiger partial charge in [0.2, 0.25) is 5.76 Å². The summed E-state index contributed by atoms with van der Waals surface area (Å²) < 4.78 is 10.5. The number of carbonyl (C=O) groups excluding carboxylic acids is 1. The molecule has 1 amide bonds. The first-order chi connectivity index (χ1) is 9.78. The van der Waals surface area contributed by atoms with E-state index in [4.69, 9.17) is 14.4 Å². The van der Waals surface area contributed by atoms with Crippen LogP contribution in [0.15, 0.2) is 28.8 Å². The summed E-state index contributed by atoms with van der Waals surface area (Å²) in [6, 6.07) is 7.37. The minimum absolute atomic E-state index is 0.114. The molecule has 0 bridgehead atoms. The Labute approximate surface area is 115 Å². The van der Waals surface area contributed by atoms with Crippen LogP contribution in [0.4, 0.5) is 0 Å². The quantitative estimate of drug-likeness (QED) is 0.868. The summed E-state index contributed by atoms with van der Waals surface area (Å²) >= 11 is 0. The molecule has 1 aromatic heterocycles. The van der Waals surface area contributed by atoms with Gasteiger partial charge < -0.3 is 19.7 Å². The van der Waals surface area contributed by atoms with Crippen molar-refractivity contribution in [2.75, 3.05) is 19.8 Å². The highest BCUT2D eigenvalue weighted by Gasteiger charge is 2.16. The second-order valence-electron chi connectivity index (χ2n) is 4.48. The topological polar surface area (TPSA) is 84.6 Å². The van der Waals surface area contributed by atoms with Gasteiger partial charge in [0, 0.05) is 24.6 Å². The molecule has 1 aromatic carbocycles. The Morgan fingerprint density at radius 3 is 3.15 bits per heavy atom. The third kappa shape index (κ3) is 2.37. The molecule has 0 atom stereocenters. The fourth-order valence-electron chi connectivity index (χ4n) is 2.12. The molecule has 3 rings (SSSR count). The van der Waals surface area contributed by atoms with Crippen LogP contribution in [0.1, 0.15) is 16.1 Å². The van der Waals surface area contributed by atoms with Gasteiger partial charge in [-0.15, -0.1) is 0 Å². The van der Waals surface area contributed by atoms with E-state index in [1.807, 2.05) is 18.2 Å². The van der Waals surface area contributed by atoms with Crippen LogP contribution in [-0.4, -0.2) is 35.9 Å². The Bertz CT molecular complexity index is 636. The molecule has 0 saturated heterocycles. The summed E-state index contributed by atoms with van der Waals surface area (Å²) in [4.78, 5) is 11.7. The monoisotopic (exact) mass is 274 g/mol. The number of rotatable bonds is 4. The Hall–Kier alpha value is -2.34. The molecule has 0 unspecified atom stereocenters. The first-order valence-corrected chi connectivity index (χ1v) is 6.40. The molecule has 2 N–H and O–H groups in total. The first-order valence-electron chi connectivity index (χ1n) is 6.40. The van der Waals surface area contributed by atoms with Crippen LogP contribution in [0.5, 0.6) is 5.75 Å². The lowest BCUT2D eigenvalue weighted by atomic mass is 10.1. The van der Waals surface area contributed by atoms with E-state index in [0.717, 1.165) is 23.3 Å². The Morgan fingerprint density at radius 1 is 1.40 bits per heavy atom. The van der Waals surface area contributed by atoms with Gasteiger partial charge in [-0.3, -0.25) is 4.79 Å². The van der Waals surface area contributed by atoms with E-state index >= 15 is 0 Å². The van der Waals surface area contributed by atoms with Crippen molar-refractivity contribution in [1.29, 1.82) is 0 Å². The van der Waals surface area contributed by atoms with E-state index in [-0.39, 0.29) is 24.8 Å². The van der Waals surface area contributed by atoms with E-state index in [1.54, 1.807) is 6.07 Å². The maximum atomic E-state index is 11.7. The molecular weight excluding hydrogens is 260 g/mol. The molecule has 0 spiro atoms. The number of carbonyl (C=O) groups is 1. The van der Waals surface area contributed by atoms with Gasteiger partial charge in [-0.1, -0.05) is 5.16 Å². The van der Waals surface area contributed by atoms with Crippen molar-refractivity contribution >= 4 is 5.91 Å². The third-order valence-corrected chi connectivity index (χ3v) is 3.12. The largest absolute Gasteiger partial charge is 0.493 e. The second kappa shape index (κ2) is 5.34. The van der Waals surface area contributed by atoms with Crippen LogP contribution in [0.2, 0.25) is 0 Å². The van der Waals surface area contributed by atoms with Crippen molar-refractivity contribution in [3.8, 4) is 17.0 Å². The molecule has 20 heavy (non-hydrogen) atoms. The third-order valence-electron chi connectivity index (χ3n) is 3.12. The van der Waals surface area contributed by atoms with Crippen molar-refractivity contribution in [2.45, 2.75) is 6.42 Å². The van der Waals surface area contributed by atoms with Crippen LogP contribution in [0, 0.1) is 0 Å². The minimum atomic E-state index is -0.387. The highest BCUT2D eigenvalue weighted by molar-refractivity contribution is 5.92. The van der Waals surface area contributed by atoms with Crippen LogP contribution in [-0.2, 0) is 6.42 Å². The van der Waals surface area contributed by atoms with Crippen LogP contribution in [0.25, 0.3) is 11.3 Å². The predicted octanol–water partition coefficient (Wildman–Crippen LogP) is 0.999. The van der Waals surface area contributed by atoms with Gasteiger partial charge in [0.15, 0.2) is 0 Å². The summed E-state index contributed by atoms with van der Waals surface area (Å²) in [7, 11) is 0. The van der Waals surface area contributed by atoms with Crippen molar-refractivity contribution < 1.29 is 19.2 Å². The number of hydrogen-bond donors (Lipinski definition) is 2. The summed E-state index contributed by atoms with van der Waals surface area (Å²) in [6.07, 6.45) is 0.880. The smallest absolute Gasteiger partial charge is 0.289 e. The zero-order valence-electron chi connectivity index (χ0n) is 10.8. The van der Waals surface area contributed by atoms with Gasteiger partial charge in [0.25, 0.3) is 5.91 Å². The molecule has 104 valence electrons. The molecule has 1 aliphatic heterocycles. The first kappa shape index (κ1) is 12.7. The van der Waals surface area contributed by atoms with E-state index in [2.05, 4.69) is 10.5 Å². The van der Waals surface area contributed by atoms with Gasteiger partial charge in [-0.05, 0) is 23.8 Å². The lowest BCUT2D eigenvalue weighted by Crippen LogP contribution is -2.25. The summed E-state index contributed by atoms with van der Waals surface area (Å²) in [5.41, 5.74) is 2.63. The number of hydrogen-bond acceptors (Lipinski definition) is 5. The normalized spacial score (nSPS) is 12.8. The standard InChI is InChI=1S/C14H14N2O4/c17-5-4-15-14(18)13-8-11(16-20-13)9-1-2-12-10(7-9)3-6-19-12/h1-2,7-8,17H,3-6H2,(H,15,18). The average molecular weight is 274 g/mol. The van der Waals surface area contributed by atoms with Crippen LogP contribution < -0.4 is 10.1 Å². The summed E-state index contributed by atoms with van der Waals surface area (Å²) in [6.45, 7) is 0.773. The Morgan fingerprint density at radius 2 is 2.30 bits per heavy atom. The molecule has 2 aromatic rings. The number of aromatic nitrogens is 1. The summed E-state index contributed by atoms with van der Waals surface area (Å²) in [5.74, 6) is 0.644. The SMILES string of the molecule is O=C(NCCO)c1cc(-c2ccc3c(c2)CCO3)no1. The number of nitrogens with one attached hydrogen (secondary N) is 1. The number of fused-ring (bicyclic) bond motifs is 1. The van der Waals surface area contributed by atoms with Crippen molar-refractivity contribution in [1.82, 2.24) is 10.5 Å². The Balaban J connectivity index is 1.81. The molecule has 6 nitrogen and oxygen atoms in total. The lowest BCUT2D eigenvalue weighted by Gasteiger charge is -2.00. The highest BCUT2D eigenvalue weighted by Crippen LogP contribution is 2.30. The number of ether oxygens (including phenoxy) is 1. The van der Waals surface area contributed by atoms with Gasteiger partial charge in [-0.2, -0.15) is 0 Å². The predicted molar refractivity (Wildman–Crippen MR) is 70.6 cm³/mol. The number of benzene rings is 1. The van der Waals surface area contributed by atoms with E-state index in [0.29, 0.717) is 12.3 Å². The molecule has 6 heteroatoms. The van der Waals surface area contributed by atoms with E-state index < -0.39 is 0 Å². The van der Waals surface area contributed by atoms with Gasteiger partial charge in [0.05, 0.1) is 13.2 Å². The average Bonchev–Trinajstić information content (AvgIpc) is 3.12. The van der Waals surface area contributed by atoms with Gasteiger partial charge in [0.1, 0.15) is 11.4 Å². The molecule has 1 aliphatic rings. The van der Waals surface area contributed by atoms with Crippen LogP contribution >= 0.6 is 0 Å². The minimum Gasteiger partial charge on any atom is -0.493 e. The van der Waals surface area contributed by atoms with Gasteiger partial charge in [-0.25, -0.2) is 0 Å². The fraction of sp³-hybridized carbons (Fsp3) is 0.286. The van der Waals surface area contributed by atoms with E-state index in [9.17, 15) is 4.79 Å². The molecule has 0 saturated carbocycles. The van der Waals surface area contributed by atoms with Gasteiger partial charge >= 0.3 is 0 Å². The number of amides is 1. The number of aliphatic hydroxyl groups excluding tert-OH is 1. The highest BCUT2D eigenvalue weighted by atomic mass is 16.5. The number of nitrogens with zero attached hydrogens (tertiary/aromatic N) is 1. The second-order valence-corrected chi connectivity index (χ2v) is 4.48. The zero-order chi connectivity index (χ0) is 13.9. The zero-order valence-corrected chi connectivity index (χ0v) is 10.8. The van der Waals surface area contributed by atoms with Crippen molar-refractivity contribution in [3.63, 3.8) is 0 Å². The maximum absolute atomic E-state index is 11.7. The van der Waals surface area contributed by atoms with Crippen molar-refractivity contribution in [3.05, 3.63) is 35.6 Å². The summed E-state index contributed by atoms with van der Waals surface area (Å²) in [5, 5.41) is 15.1. The van der Waals surface area contributed by atoms with E-state index in [1.165, 1.54) is 0 Å². The van der Waals surface area contributed by atoms with Crippen molar-refractivity contribution in [2.24, 2.45) is 0 Å². The maximum Gasteiger partial charge on any atom is 0.289 e. The lowest BCUT2D eigenvalue weighted by molar-refractivity contribution is 0.0908. The fourth-order valence-corrected chi connectivity index (χ4v) is 2.12. The van der Waals surface area contributed by atoms with Crippen LogP contribution in [0.3, 0.4) is 0 Å². The molecule has 2 heterocycles. The number of aliphatic hydroxyl groups is 1. The molecule has 0 aliphatic carbocycles. The molecule has 0 fully saturated rings. The molecule has 0 radical (unpaired) electrons.